The minimum absolute atomic E-state index is 0.0301. The van der Waals surface area contributed by atoms with E-state index in [1.165, 1.54) is 38.6 Å². The van der Waals surface area contributed by atoms with Crippen molar-refractivity contribution in [1.82, 2.24) is 5.32 Å². The number of carbonyl (C=O) groups excluding carboxylic acids is 1. The van der Waals surface area contributed by atoms with Gasteiger partial charge < -0.3 is 10.1 Å². The molecule has 0 aromatic rings. The SMILES string of the molecule is CCOC(=O)[C@H]1CC[C@H](C2CCCCN2)CC1. The summed E-state index contributed by atoms with van der Waals surface area (Å²) in [6.45, 7) is 3.58. The topological polar surface area (TPSA) is 38.3 Å². The van der Waals surface area contributed by atoms with E-state index in [2.05, 4.69) is 5.32 Å². The first-order chi connectivity index (χ1) is 8.31. The van der Waals surface area contributed by atoms with Gasteiger partial charge >= 0.3 is 5.97 Å². The van der Waals surface area contributed by atoms with E-state index in [4.69, 9.17) is 4.74 Å². The second kappa shape index (κ2) is 6.39. The van der Waals surface area contributed by atoms with Crippen LogP contribution in [0.25, 0.3) is 0 Å². The molecular weight excluding hydrogens is 214 g/mol. The van der Waals surface area contributed by atoms with Gasteiger partial charge in [-0.15, -0.1) is 0 Å². The Balaban J connectivity index is 1.75. The lowest BCUT2D eigenvalue weighted by Gasteiger charge is -2.35. The summed E-state index contributed by atoms with van der Waals surface area (Å²) in [5, 5.41) is 3.64. The zero-order valence-corrected chi connectivity index (χ0v) is 10.9. The second-order valence-electron chi connectivity index (χ2n) is 5.42. The molecule has 0 spiro atoms. The van der Waals surface area contributed by atoms with Crippen molar-refractivity contribution in [1.29, 1.82) is 0 Å². The van der Waals surface area contributed by atoms with E-state index >= 15 is 0 Å². The second-order valence-corrected chi connectivity index (χ2v) is 5.42. The number of hydrogen-bond acceptors (Lipinski definition) is 3. The summed E-state index contributed by atoms with van der Waals surface area (Å²) in [4.78, 5) is 11.6. The van der Waals surface area contributed by atoms with Crippen LogP contribution in [-0.4, -0.2) is 25.2 Å². The van der Waals surface area contributed by atoms with Gasteiger partial charge in [0.25, 0.3) is 0 Å². The van der Waals surface area contributed by atoms with Gasteiger partial charge in [-0.25, -0.2) is 0 Å². The van der Waals surface area contributed by atoms with Crippen LogP contribution in [0.1, 0.15) is 51.9 Å². The third kappa shape index (κ3) is 3.44. The molecule has 1 aliphatic carbocycles. The molecule has 98 valence electrons. The summed E-state index contributed by atoms with van der Waals surface area (Å²) in [7, 11) is 0. The number of piperidine rings is 1. The zero-order chi connectivity index (χ0) is 12.1. The molecular formula is C14H25NO2. The first-order valence-electron chi connectivity index (χ1n) is 7.21. The Labute approximate surface area is 104 Å². The molecule has 0 amide bonds. The van der Waals surface area contributed by atoms with Crippen molar-refractivity contribution >= 4 is 5.97 Å². The van der Waals surface area contributed by atoms with Gasteiger partial charge in [-0.2, -0.15) is 0 Å². The minimum atomic E-state index is 0.0301. The summed E-state index contributed by atoms with van der Waals surface area (Å²) < 4.78 is 5.11. The molecule has 2 aliphatic rings. The fraction of sp³-hybridized carbons (Fsp3) is 0.929. The van der Waals surface area contributed by atoms with Crippen molar-refractivity contribution in [2.75, 3.05) is 13.2 Å². The van der Waals surface area contributed by atoms with Crippen LogP contribution < -0.4 is 5.32 Å². The highest BCUT2D eigenvalue weighted by molar-refractivity contribution is 5.72. The summed E-state index contributed by atoms with van der Waals surface area (Å²) in [5.41, 5.74) is 0. The van der Waals surface area contributed by atoms with Gasteiger partial charge in [-0.1, -0.05) is 6.42 Å². The van der Waals surface area contributed by atoms with Gasteiger partial charge in [-0.3, -0.25) is 4.79 Å². The highest BCUT2D eigenvalue weighted by atomic mass is 16.5. The number of ether oxygens (including phenoxy) is 1. The lowest BCUT2D eigenvalue weighted by Crippen LogP contribution is -2.41. The quantitative estimate of drug-likeness (QED) is 0.769. The minimum Gasteiger partial charge on any atom is -0.466 e. The van der Waals surface area contributed by atoms with Gasteiger partial charge in [-0.05, 0) is 57.9 Å². The zero-order valence-electron chi connectivity index (χ0n) is 10.9. The van der Waals surface area contributed by atoms with E-state index in [1.54, 1.807) is 0 Å². The fourth-order valence-electron chi connectivity index (χ4n) is 3.30. The number of carbonyl (C=O) groups is 1. The van der Waals surface area contributed by atoms with E-state index in [1.807, 2.05) is 6.92 Å². The Bertz CT molecular complexity index is 241. The molecule has 0 radical (unpaired) electrons. The average Bonchev–Trinajstić information content (AvgIpc) is 2.40. The number of nitrogens with one attached hydrogen (secondary N) is 1. The van der Waals surface area contributed by atoms with Gasteiger partial charge in [0.2, 0.25) is 0 Å². The summed E-state index contributed by atoms with van der Waals surface area (Å²) in [5.74, 6) is 0.998. The smallest absolute Gasteiger partial charge is 0.308 e. The molecule has 2 rings (SSSR count). The monoisotopic (exact) mass is 239 g/mol. The number of esters is 1. The highest BCUT2D eigenvalue weighted by Crippen LogP contribution is 2.33. The largest absolute Gasteiger partial charge is 0.466 e. The first-order valence-corrected chi connectivity index (χ1v) is 7.21. The van der Waals surface area contributed by atoms with Crippen LogP contribution in [0.2, 0.25) is 0 Å². The summed E-state index contributed by atoms with van der Waals surface area (Å²) in [6, 6.07) is 0.715. The maximum absolute atomic E-state index is 11.6. The van der Waals surface area contributed by atoms with Gasteiger partial charge in [0.15, 0.2) is 0 Å². The van der Waals surface area contributed by atoms with Crippen LogP contribution in [0, 0.1) is 11.8 Å². The molecule has 3 heteroatoms. The van der Waals surface area contributed by atoms with Crippen molar-refractivity contribution in [2.24, 2.45) is 11.8 Å². The Morgan fingerprint density at radius 3 is 2.53 bits per heavy atom. The van der Waals surface area contributed by atoms with E-state index in [0.717, 1.165) is 18.8 Å². The van der Waals surface area contributed by atoms with Crippen LogP contribution >= 0.6 is 0 Å². The fourth-order valence-corrected chi connectivity index (χ4v) is 3.30. The van der Waals surface area contributed by atoms with Gasteiger partial charge in [0.05, 0.1) is 12.5 Å². The van der Waals surface area contributed by atoms with Gasteiger partial charge in [0.1, 0.15) is 0 Å². The molecule has 0 aromatic heterocycles. The molecule has 1 saturated carbocycles. The Hall–Kier alpha value is -0.570. The Morgan fingerprint density at radius 2 is 1.94 bits per heavy atom. The van der Waals surface area contributed by atoms with E-state index in [9.17, 15) is 4.79 Å². The first kappa shape index (κ1) is 12.9. The van der Waals surface area contributed by atoms with E-state index < -0.39 is 0 Å². The normalized spacial score (nSPS) is 34.3. The predicted molar refractivity (Wildman–Crippen MR) is 67.7 cm³/mol. The number of rotatable bonds is 3. The molecule has 17 heavy (non-hydrogen) atoms. The average molecular weight is 239 g/mol. The van der Waals surface area contributed by atoms with E-state index in [-0.39, 0.29) is 11.9 Å². The molecule has 1 N–H and O–H groups in total. The molecule has 1 unspecified atom stereocenters. The molecule has 1 atom stereocenters. The third-order valence-electron chi connectivity index (χ3n) is 4.31. The van der Waals surface area contributed by atoms with Crippen molar-refractivity contribution in [3.8, 4) is 0 Å². The molecule has 1 heterocycles. The van der Waals surface area contributed by atoms with Crippen molar-refractivity contribution < 1.29 is 9.53 Å². The summed E-state index contributed by atoms with van der Waals surface area (Å²) >= 11 is 0. The van der Waals surface area contributed by atoms with E-state index in [0.29, 0.717) is 12.6 Å². The Morgan fingerprint density at radius 1 is 1.18 bits per heavy atom. The maximum Gasteiger partial charge on any atom is 0.308 e. The maximum atomic E-state index is 11.6. The Kier molecular flexibility index (Phi) is 4.84. The van der Waals surface area contributed by atoms with Crippen LogP contribution in [0.5, 0.6) is 0 Å². The standard InChI is InChI=1S/C14H25NO2/c1-2-17-14(16)12-8-6-11(7-9-12)13-5-3-4-10-15-13/h11-13,15H,2-10H2,1H3/t11-,12-,13?. The predicted octanol–water partition coefficient (Wildman–Crippen LogP) is 2.50. The van der Waals surface area contributed by atoms with Crippen LogP contribution in [0.3, 0.4) is 0 Å². The molecule has 0 aromatic carbocycles. The molecule has 0 bridgehead atoms. The van der Waals surface area contributed by atoms with Crippen LogP contribution in [0.15, 0.2) is 0 Å². The lowest BCUT2D eigenvalue weighted by atomic mass is 9.76. The van der Waals surface area contributed by atoms with Crippen molar-refractivity contribution in [2.45, 2.75) is 57.9 Å². The van der Waals surface area contributed by atoms with Crippen molar-refractivity contribution in [3.63, 3.8) is 0 Å². The highest BCUT2D eigenvalue weighted by Gasteiger charge is 2.31. The third-order valence-corrected chi connectivity index (χ3v) is 4.31. The molecule has 2 fully saturated rings. The molecule has 1 aliphatic heterocycles. The molecule has 3 nitrogen and oxygen atoms in total. The number of hydrogen-bond donors (Lipinski definition) is 1. The van der Waals surface area contributed by atoms with Gasteiger partial charge in [0, 0.05) is 6.04 Å². The lowest BCUT2D eigenvalue weighted by molar-refractivity contribution is -0.149. The molecule has 1 saturated heterocycles. The summed E-state index contributed by atoms with van der Waals surface area (Å²) in [6.07, 6.45) is 8.48. The van der Waals surface area contributed by atoms with Crippen LogP contribution in [0.4, 0.5) is 0 Å². The van der Waals surface area contributed by atoms with Crippen molar-refractivity contribution in [3.05, 3.63) is 0 Å². The van der Waals surface area contributed by atoms with Crippen LogP contribution in [-0.2, 0) is 9.53 Å².